The molecular weight excluding hydrogens is 234 g/mol. The predicted molar refractivity (Wildman–Crippen MR) is 64.2 cm³/mol. The van der Waals surface area contributed by atoms with E-state index in [-0.39, 0.29) is 10.7 Å². The van der Waals surface area contributed by atoms with Crippen molar-refractivity contribution >= 4 is 27.2 Å². The van der Waals surface area contributed by atoms with E-state index in [1.54, 1.807) is 0 Å². The summed E-state index contributed by atoms with van der Waals surface area (Å²) in [7, 11) is -1.29. The van der Waals surface area contributed by atoms with Gasteiger partial charge in [0.15, 0.2) is 0 Å². The fraction of sp³-hybridized carbons (Fsp3) is 0.875. The van der Waals surface area contributed by atoms with Crippen molar-refractivity contribution in [3.05, 3.63) is 0 Å². The minimum Gasteiger partial charge on any atom is -0.392 e. The highest BCUT2D eigenvalue weighted by atomic mass is 32.2. The van der Waals surface area contributed by atoms with Gasteiger partial charge in [0.05, 0.1) is 4.99 Å². The molecule has 88 valence electrons. The maximum absolute atomic E-state index is 11.4. The van der Waals surface area contributed by atoms with E-state index in [1.807, 2.05) is 7.05 Å². The Labute approximate surface area is 96.1 Å². The summed E-state index contributed by atoms with van der Waals surface area (Å²) < 4.78 is 25.3. The molecule has 0 aliphatic carbocycles. The van der Waals surface area contributed by atoms with Crippen LogP contribution in [0.2, 0.25) is 0 Å². The molecule has 1 unspecified atom stereocenters. The van der Waals surface area contributed by atoms with Crippen LogP contribution in [-0.4, -0.2) is 50.7 Å². The molecule has 5 nitrogen and oxygen atoms in total. The fourth-order valence-corrected chi connectivity index (χ4v) is 3.11. The number of thiocarbonyl (C=S) groups is 1. The van der Waals surface area contributed by atoms with Crippen molar-refractivity contribution < 1.29 is 8.42 Å². The van der Waals surface area contributed by atoms with Crippen LogP contribution in [0.5, 0.6) is 0 Å². The maximum Gasteiger partial charge on any atom is 0.218 e. The Morgan fingerprint density at radius 2 is 2.33 bits per heavy atom. The molecule has 3 N–H and O–H groups in total. The zero-order chi connectivity index (χ0) is 11.5. The Bertz CT molecular complexity index is 329. The van der Waals surface area contributed by atoms with Gasteiger partial charge in [-0.2, -0.15) is 0 Å². The second-order valence-electron chi connectivity index (χ2n) is 3.99. The summed E-state index contributed by atoms with van der Waals surface area (Å²) in [5, 5.41) is 0. The third-order valence-electron chi connectivity index (χ3n) is 2.41. The highest BCUT2D eigenvalue weighted by Crippen LogP contribution is 2.13. The van der Waals surface area contributed by atoms with Gasteiger partial charge in [-0.25, -0.2) is 13.1 Å². The molecule has 1 aliphatic heterocycles. The van der Waals surface area contributed by atoms with Crippen LogP contribution < -0.4 is 10.5 Å². The second kappa shape index (κ2) is 5.20. The van der Waals surface area contributed by atoms with E-state index >= 15 is 0 Å². The molecule has 0 radical (unpaired) electrons. The summed E-state index contributed by atoms with van der Waals surface area (Å²) in [4.78, 5) is 2.19. The van der Waals surface area contributed by atoms with E-state index in [9.17, 15) is 8.42 Å². The molecule has 0 aromatic heterocycles. The molecule has 7 heteroatoms. The van der Waals surface area contributed by atoms with Crippen molar-refractivity contribution in [2.45, 2.75) is 6.42 Å². The summed E-state index contributed by atoms with van der Waals surface area (Å²) in [5.74, 6) is 0.140. The molecule has 1 heterocycles. The molecule has 0 spiro atoms. The highest BCUT2D eigenvalue weighted by molar-refractivity contribution is 7.92. The normalized spacial score (nSPS) is 23.1. The Balaban J connectivity index is 2.33. The first-order valence-electron chi connectivity index (χ1n) is 4.83. The lowest BCUT2D eigenvalue weighted by molar-refractivity contribution is 0.394. The number of nitrogens with zero attached hydrogens (tertiary/aromatic N) is 1. The summed E-state index contributed by atoms with van der Waals surface area (Å²) in [6, 6.07) is 0. The second-order valence-corrected chi connectivity index (χ2v) is 6.32. The Morgan fingerprint density at radius 3 is 2.80 bits per heavy atom. The molecule has 0 bridgehead atoms. The minimum absolute atomic E-state index is 0.00559. The molecule has 0 amide bonds. The molecule has 0 aromatic carbocycles. The van der Waals surface area contributed by atoms with E-state index < -0.39 is 10.0 Å². The highest BCUT2D eigenvalue weighted by Gasteiger charge is 2.21. The van der Waals surface area contributed by atoms with E-state index in [4.69, 9.17) is 5.73 Å². The first-order valence-corrected chi connectivity index (χ1v) is 6.89. The predicted octanol–water partition coefficient (Wildman–Crippen LogP) is -0.856. The molecule has 0 saturated carbocycles. The van der Waals surface area contributed by atoms with Crippen molar-refractivity contribution in [3.63, 3.8) is 0 Å². The zero-order valence-electron chi connectivity index (χ0n) is 8.77. The van der Waals surface area contributed by atoms with Gasteiger partial charge in [-0.1, -0.05) is 12.2 Å². The van der Waals surface area contributed by atoms with Crippen molar-refractivity contribution in [1.29, 1.82) is 0 Å². The average molecular weight is 251 g/mol. The van der Waals surface area contributed by atoms with E-state index in [0.29, 0.717) is 12.5 Å². The van der Waals surface area contributed by atoms with Gasteiger partial charge >= 0.3 is 0 Å². The van der Waals surface area contributed by atoms with Crippen molar-refractivity contribution in [3.8, 4) is 0 Å². The minimum atomic E-state index is -3.32. The quantitative estimate of drug-likeness (QED) is 0.622. The number of sulfonamides is 1. The van der Waals surface area contributed by atoms with Crippen LogP contribution in [0, 0.1) is 5.92 Å². The van der Waals surface area contributed by atoms with Crippen molar-refractivity contribution in [2.75, 3.05) is 32.4 Å². The Morgan fingerprint density at radius 1 is 1.67 bits per heavy atom. The van der Waals surface area contributed by atoms with Crippen LogP contribution >= 0.6 is 12.2 Å². The van der Waals surface area contributed by atoms with Gasteiger partial charge in [0.25, 0.3) is 0 Å². The molecule has 15 heavy (non-hydrogen) atoms. The van der Waals surface area contributed by atoms with Gasteiger partial charge in [-0.15, -0.1) is 0 Å². The van der Waals surface area contributed by atoms with Crippen LogP contribution in [-0.2, 0) is 10.0 Å². The fourth-order valence-electron chi connectivity index (χ4n) is 1.68. The van der Waals surface area contributed by atoms with E-state index in [0.717, 1.165) is 19.5 Å². The number of hydrogen-bond donors (Lipinski definition) is 2. The molecule has 1 aliphatic rings. The number of rotatable bonds is 5. The number of nitrogens with one attached hydrogen (secondary N) is 1. The lowest BCUT2D eigenvalue weighted by atomic mass is 10.1. The number of likely N-dealkylation sites (tertiary alicyclic amines) is 1. The van der Waals surface area contributed by atoms with Gasteiger partial charge in [0.2, 0.25) is 10.0 Å². The van der Waals surface area contributed by atoms with E-state index in [1.165, 1.54) is 0 Å². The van der Waals surface area contributed by atoms with Crippen molar-refractivity contribution in [1.82, 2.24) is 9.62 Å². The van der Waals surface area contributed by atoms with Gasteiger partial charge in [-0.05, 0) is 25.9 Å². The Kier molecular flexibility index (Phi) is 4.45. The number of nitrogens with two attached hydrogens (primary N) is 1. The van der Waals surface area contributed by atoms with Crippen LogP contribution in [0.15, 0.2) is 0 Å². The van der Waals surface area contributed by atoms with Crippen molar-refractivity contribution in [2.24, 2.45) is 11.7 Å². The standard InChI is InChI=1S/C8H17N3O2S2/c1-11-3-2-7(5-11)4-10-15(12,13)6-8(9)14/h7,10H,2-6H2,1H3,(H2,9,14). The van der Waals surface area contributed by atoms with Gasteiger partial charge in [-0.3, -0.25) is 0 Å². The molecule has 1 saturated heterocycles. The molecule has 0 aromatic rings. The first kappa shape index (κ1) is 12.8. The van der Waals surface area contributed by atoms with E-state index in [2.05, 4.69) is 21.8 Å². The SMILES string of the molecule is CN1CCC(CNS(=O)(=O)CC(N)=S)C1. The van der Waals surface area contributed by atoms with Crippen LogP contribution in [0.1, 0.15) is 6.42 Å². The van der Waals surface area contributed by atoms with Crippen LogP contribution in [0.3, 0.4) is 0 Å². The molecule has 1 atom stereocenters. The average Bonchev–Trinajstić information content (AvgIpc) is 2.46. The maximum atomic E-state index is 11.4. The van der Waals surface area contributed by atoms with Crippen LogP contribution in [0.4, 0.5) is 0 Å². The summed E-state index contributed by atoms with van der Waals surface area (Å²) in [6.07, 6.45) is 1.03. The lowest BCUT2D eigenvalue weighted by Crippen LogP contribution is -2.35. The molecular formula is C8H17N3O2S2. The largest absolute Gasteiger partial charge is 0.392 e. The summed E-state index contributed by atoms with van der Waals surface area (Å²) >= 11 is 4.56. The van der Waals surface area contributed by atoms with Gasteiger partial charge < -0.3 is 10.6 Å². The number of hydrogen-bond acceptors (Lipinski definition) is 4. The molecule has 1 rings (SSSR count). The summed E-state index contributed by atoms with van der Waals surface area (Å²) in [5.41, 5.74) is 5.19. The lowest BCUT2D eigenvalue weighted by Gasteiger charge is -2.11. The van der Waals surface area contributed by atoms with Gasteiger partial charge in [0, 0.05) is 13.1 Å². The monoisotopic (exact) mass is 251 g/mol. The van der Waals surface area contributed by atoms with Crippen LogP contribution in [0.25, 0.3) is 0 Å². The smallest absolute Gasteiger partial charge is 0.218 e. The third kappa shape index (κ3) is 4.87. The van der Waals surface area contributed by atoms with Gasteiger partial charge in [0.1, 0.15) is 5.75 Å². The zero-order valence-corrected chi connectivity index (χ0v) is 10.4. The topological polar surface area (TPSA) is 75.4 Å². The Hall–Kier alpha value is -0.240. The molecule has 1 fully saturated rings. The third-order valence-corrected chi connectivity index (χ3v) is 4.04. The summed E-state index contributed by atoms with van der Waals surface area (Å²) in [6.45, 7) is 2.45. The first-order chi connectivity index (χ1) is 6.89.